The number of likely N-dealkylation sites (tertiary alicyclic amines) is 1. The van der Waals surface area contributed by atoms with Gasteiger partial charge in [-0.2, -0.15) is 0 Å². The summed E-state index contributed by atoms with van der Waals surface area (Å²) in [6.45, 7) is 3.42. The average Bonchev–Trinajstić information content (AvgIpc) is 3.03. The highest BCUT2D eigenvalue weighted by Crippen LogP contribution is 2.22. The van der Waals surface area contributed by atoms with Crippen molar-refractivity contribution in [3.63, 3.8) is 0 Å². The first-order valence-electron chi connectivity index (χ1n) is 8.18. The molecule has 0 radical (unpaired) electrons. The Morgan fingerprint density at radius 3 is 2.71 bits per heavy atom. The number of aromatic nitrogens is 1. The Morgan fingerprint density at radius 2 is 2.00 bits per heavy atom. The monoisotopic (exact) mass is 345 g/mol. The lowest BCUT2D eigenvalue weighted by Crippen LogP contribution is -2.33. The maximum Gasteiger partial charge on any atom is 0.244 e. The van der Waals surface area contributed by atoms with E-state index in [0.717, 1.165) is 26.1 Å². The summed E-state index contributed by atoms with van der Waals surface area (Å²) in [4.78, 5) is 6.56. The molecule has 5 nitrogen and oxygen atoms in total. The standard InChI is InChI=1S/C18H23N3O2S/c1-20(24(22,23)18-8-5-10-19-12-18)13-17-9-11-21(15-17)14-16-6-3-2-4-7-16/h2-8,10,12,17H,9,11,13-15H2,1H3. The lowest BCUT2D eigenvalue weighted by Gasteiger charge is -2.21. The molecule has 1 aromatic carbocycles. The minimum atomic E-state index is -3.45. The van der Waals surface area contributed by atoms with Crippen LogP contribution < -0.4 is 0 Å². The van der Waals surface area contributed by atoms with Crippen LogP contribution in [0.25, 0.3) is 0 Å². The number of hydrogen-bond acceptors (Lipinski definition) is 4. The molecule has 0 amide bonds. The Kier molecular flexibility index (Phi) is 5.28. The predicted molar refractivity (Wildman–Crippen MR) is 93.9 cm³/mol. The molecule has 0 N–H and O–H groups in total. The normalized spacial score (nSPS) is 19.0. The molecule has 3 rings (SSSR count). The van der Waals surface area contributed by atoms with Gasteiger partial charge in [-0.1, -0.05) is 30.3 Å². The van der Waals surface area contributed by atoms with Crippen molar-refractivity contribution in [1.29, 1.82) is 0 Å². The number of benzene rings is 1. The first-order chi connectivity index (χ1) is 11.6. The zero-order valence-electron chi connectivity index (χ0n) is 13.9. The summed E-state index contributed by atoms with van der Waals surface area (Å²) in [5, 5.41) is 0. The topological polar surface area (TPSA) is 53.5 Å². The molecule has 1 aliphatic rings. The molecule has 0 bridgehead atoms. The largest absolute Gasteiger partial charge is 0.299 e. The van der Waals surface area contributed by atoms with E-state index >= 15 is 0 Å². The summed E-state index contributed by atoms with van der Waals surface area (Å²) < 4.78 is 26.6. The van der Waals surface area contributed by atoms with E-state index in [1.807, 2.05) is 6.07 Å². The predicted octanol–water partition coefficient (Wildman–Crippen LogP) is 2.22. The van der Waals surface area contributed by atoms with Gasteiger partial charge < -0.3 is 0 Å². The number of nitrogens with zero attached hydrogens (tertiary/aromatic N) is 3. The molecule has 6 heteroatoms. The second-order valence-electron chi connectivity index (χ2n) is 6.35. The molecule has 2 heterocycles. The third-order valence-electron chi connectivity index (χ3n) is 4.48. The minimum absolute atomic E-state index is 0.256. The molecule has 1 aromatic heterocycles. The molecule has 0 spiro atoms. The third-order valence-corrected chi connectivity index (χ3v) is 6.28. The summed E-state index contributed by atoms with van der Waals surface area (Å²) >= 11 is 0. The third kappa shape index (κ3) is 4.01. The fraction of sp³-hybridized carbons (Fsp3) is 0.389. The smallest absolute Gasteiger partial charge is 0.244 e. The highest BCUT2D eigenvalue weighted by atomic mass is 32.2. The molecule has 1 fully saturated rings. The van der Waals surface area contributed by atoms with Crippen LogP contribution in [0.2, 0.25) is 0 Å². The number of rotatable bonds is 6. The maximum absolute atomic E-state index is 12.6. The molecule has 128 valence electrons. The SMILES string of the molecule is CN(CC1CCN(Cc2ccccc2)C1)S(=O)(=O)c1cccnc1. The van der Waals surface area contributed by atoms with Crippen molar-refractivity contribution in [2.45, 2.75) is 17.9 Å². The summed E-state index contributed by atoms with van der Waals surface area (Å²) in [7, 11) is -1.80. The molecule has 1 unspecified atom stereocenters. The second-order valence-corrected chi connectivity index (χ2v) is 8.39. The zero-order valence-corrected chi connectivity index (χ0v) is 14.7. The molecule has 24 heavy (non-hydrogen) atoms. The Hall–Kier alpha value is -1.76. The van der Waals surface area contributed by atoms with Gasteiger partial charge in [0.1, 0.15) is 4.90 Å². The Bertz CT molecular complexity index is 750. The van der Waals surface area contributed by atoms with Crippen LogP contribution in [-0.2, 0) is 16.6 Å². The summed E-state index contributed by atoms with van der Waals surface area (Å²) in [5.74, 6) is 0.366. The summed E-state index contributed by atoms with van der Waals surface area (Å²) in [6, 6.07) is 13.6. The number of sulfonamides is 1. The van der Waals surface area contributed by atoms with Gasteiger partial charge in [-0.15, -0.1) is 0 Å². The Labute approximate surface area is 144 Å². The molecule has 0 saturated carbocycles. The molecule has 1 atom stereocenters. The Balaban J connectivity index is 1.57. The van der Waals surface area contributed by atoms with Gasteiger partial charge in [-0.3, -0.25) is 9.88 Å². The van der Waals surface area contributed by atoms with Gasteiger partial charge in [-0.25, -0.2) is 12.7 Å². The van der Waals surface area contributed by atoms with Crippen LogP contribution in [0.3, 0.4) is 0 Å². The summed E-state index contributed by atoms with van der Waals surface area (Å²) in [5.41, 5.74) is 1.30. The van der Waals surface area contributed by atoms with E-state index in [2.05, 4.69) is 34.1 Å². The number of hydrogen-bond donors (Lipinski definition) is 0. The van der Waals surface area contributed by atoms with Crippen LogP contribution in [0, 0.1) is 5.92 Å². The van der Waals surface area contributed by atoms with Gasteiger partial charge in [0, 0.05) is 39.1 Å². The molecule has 0 aliphatic carbocycles. The minimum Gasteiger partial charge on any atom is -0.299 e. The van der Waals surface area contributed by atoms with Crippen LogP contribution in [0.1, 0.15) is 12.0 Å². The van der Waals surface area contributed by atoms with Crippen LogP contribution >= 0.6 is 0 Å². The van der Waals surface area contributed by atoms with Crippen molar-refractivity contribution in [2.24, 2.45) is 5.92 Å². The van der Waals surface area contributed by atoms with Crippen molar-refractivity contribution in [1.82, 2.24) is 14.2 Å². The zero-order chi connectivity index (χ0) is 17.0. The van der Waals surface area contributed by atoms with E-state index in [-0.39, 0.29) is 4.90 Å². The van der Waals surface area contributed by atoms with Gasteiger partial charge in [0.15, 0.2) is 0 Å². The molecular formula is C18H23N3O2S. The van der Waals surface area contributed by atoms with Crippen molar-refractivity contribution >= 4 is 10.0 Å². The van der Waals surface area contributed by atoms with E-state index in [1.54, 1.807) is 25.4 Å². The van der Waals surface area contributed by atoms with Crippen molar-refractivity contribution in [3.8, 4) is 0 Å². The van der Waals surface area contributed by atoms with Gasteiger partial charge in [-0.05, 0) is 36.6 Å². The highest BCUT2D eigenvalue weighted by molar-refractivity contribution is 7.89. The van der Waals surface area contributed by atoms with Gasteiger partial charge in [0.05, 0.1) is 0 Å². The first kappa shape index (κ1) is 17.1. The van der Waals surface area contributed by atoms with E-state index in [0.29, 0.717) is 12.5 Å². The van der Waals surface area contributed by atoms with E-state index in [1.165, 1.54) is 16.1 Å². The lowest BCUT2D eigenvalue weighted by molar-refractivity contribution is 0.304. The maximum atomic E-state index is 12.6. The molecular weight excluding hydrogens is 322 g/mol. The van der Waals surface area contributed by atoms with Crippen LogP contribution in [0.5, 0.6) is 0 Å². The molecule has 1 aliphatic heterocycles. The first-order valence-corrected chi connectivity index (χ1v) is 9.62. The van der Waals surface area contributed by atoms with Crippen molar-refractivity contribution in [3.05, 3.63) is 60.4 Å². The molecule has 2 aromatic rings. The van der Waals surface area contributed by atoms with Crippen LogP contribution in [0.4, 0.5) is 0 Å². The van der Waals surface area contributed by atoms with Crippen molar-refractivity contribution in [2.75, 3.05) is 26.7 Å². The van der Waals surface area contributed by atoms with Gasteiger partial charge >= 0.3 is 0 Å². The average molecular weight is 345 g/mol. The molecule has 1 saturated heterocycles. The van der Waals surface area contributed by atoms with Crippen molar-refractivity contribution < 1.29 is 8.42 Å². The van der Waals surface area contributed by atoms with Gasteiger partial charge in [0.25, 0.3) is 0 Å². The Morgan fingerprint density at radius 1 is 1.21 bits per heavy atom. The van der Waals surface area contributed by atoms with E-state index in [4.69, 9.17) is 0 Å². The fourth-order valence-corrected chi connectivity index (χ4v) is 4.40. The van der Waals surface area contributed by atoms with Crippen LogP contribution in [-0.4, -0.2) is 49.3 Å². The van der Waals surface area contributed by atoms with Crippen LogP contribution in [0.15, 0.2) is 59.8 Å². The lowest BCUT2D eigenvalue weighted by atomic mass is 10.1. The quantitative estimate of drug-likeness (QED) is 0.806. The fourth-order valence-electron chi connectivity index (χ4n) is 3.19. The second kappa shape index (κ2) is 7.42. The highest BCUT2D eigenvalue weighted by Gasteiger charge is 2.28. The van der Waals surface area contributed by atoms with E-state index < -0.39 is 10.0 Å². The van der Waals surface area contributed by atoms with E-state index in [9.17, 15) is 8.42 Å². The summed E-state index contributed by atoms with van der Waals surface area (Å²) in [6.07, 6.45) is 4.01. The van der Waals surface area contributed by atoms with Gasteiger partial charge in [0.2, 0.25) is 10.0 Å². The number of pyridine rings is 1.